The summed E-state index contributed by atoms with van der Waals surface area (Å²) in [6.07, 6.45) is 5.82. The molecule has 0 unspecified atom stereocenters. The van der Waals surface area contributed by atoms with E-state index in [4.69, 9.17) is 5.73 Å². The molecule has 0 fully saturated rings. The molecule has 6 nitrogen and oxygen atoms in total. The van der Waals surface area contributed by atoms with Crippen molar-refractivity contribution in [3.05, 3.63) is 59.4 Å². The summed E-state index contributed by atoms with van der Waals surface area (Å²) in [6, 6.07) is 1.67. The van der Waals surface area contributed by atoms with E-state index in [1.165, 1.54) is 23.5 Å². The number of allylic oxidation sites excluding steroid dienone is 5. The number of anilines is 2. The third kappa shape index (κ3) is 5.75. The summed E-state index contributed by atoms with van der Waals surface area (Å²) in [5, 5.41) is 9.27. The Hall–Kier alpha value is -3.00. The second-order valence-electron chi connectivity index (χ2n) is 6.28. The molecule has 0 aliphatic rings. The van der Waals surface area contributed by atoms with E-state index in [-0.39, 0.29) is 6.04 Å². The molecule has 0 amide bonds. The molecule has 148 valence electrons. The fourth-order valence-electron chi connectivity index (χ4n) is 2.23. The Morgan fingerprint density at radius 2 is 2.11 bits per heavy atom. The molecule has 0 saturated carbocycles. The van der Waals surface area contributed by atoms with Crippen molar-refractivity contribution in [2.24, 2.45) is 10.7 Å². The maximum absolute atomic E-state index is 13.2. The van der Waals surface area contributed by atoms with Crippen molar-refractivity contribution in [2.45, 2.75) is 26.8 Å². The Labute approximate surface area is 168 Å². The molecule has 0 aliphatic carbocycles. The maximum atomic E-state index is 13.2. The summed E-state index contributed by atoms with van der Waals surface area (Å²) in [5.41, 5.74) is 7.58. The molecule has 0 radical (unpaired) electrons. The second-order valence-corrected chi connectivity index (χ2v) is 7.17. The van der Waals surface area contributed by atoms with Crippen LogP contribution in [0.3, 0.4) is 0 Å². The first-order valence-corrected chi connectivity index (χ1v) is 9.57. The lowest BCUT2D eigenvalue weighted by atomic mass is 10.2. The predicted octanol–water partition coefficient (Wildman–Crippen LogP) is 4.78. The number of amidine groups is 1. The molecule has 0 aromatic carbocycles. The monoisotopic (exact) mass is 400 g/mol. The lowest BCUT2D eigenvalue weighted by Gasteiger charge is -2.15. The highest BCUT2D eigenvalue weighted by Crippen LogP contribution is 2.27. The van der Waals surface area contributed by atoms with Crippen molar-refractivity contribution in [3.63, 3.8) is 0 Å². The van der Waals surface area contributed by atoms with Gasteiger partial charge in [0.1, 0.15) is 22.3 Å². The molecule has 0 saturated heterocycles. The van der Waals surface area contributed by atoms with Crippen molar-refractivity contribution in [1.82, 2.24) is 9.97 Å². The van der Waals surface area contributed by atoms with Gasteiger partial charge in [-0.05, 0) is 56.5 Å². The van der Waals surface area contributed by atoms with Crippen molar-refractivity contribution in [2.75, 3.05) is 17.7 Å². The molecule has 0 bridgehead atoms. The van der Waals surface area contributed by atoms with Gasteiger partial charge >= 0.3 is 0 Å². The van der Waals surface area contributed by atoms with Gasteiger partial charge in [-0.3, -0.25) is 4.99 Å². The van der Waals surface area contributed by atoms with Crippen LogP contribution in [0.1, 0.15) is 20.8 Å². The average molecular weight is 401 g/mol. The van der Waals surface area contributed by atoms with Crippen LogP contribution in [0.25, 0.3) is 10.2 Å². The van der Waals surface area contributed by atoms with Crippen LogP contribution in [-0.2, 0) is 0 Å². The molecule has 4 N–H and O–H groups in total. The van der Waals surface area contributed by atoms with Gasteiger partial charge in [0.05, 0.1) is 11.4 Å². The van der Waals surface area contributed by atoms with Gasteiger partial charge in [0.15, 0.2) is 0 Å². The highest BCUT2D eigenvalue weighted by atomic mass is 32.1. The number of rotatable bonds is 7. The molecule has 1 atom stereocenters. The quantitative estimate of drug-likeness (QED) is 0.354. The largest absolute Gasteiger partial charge is 0.400 e. The van der Waals surface area contributed by atoms with Crippen molar-refractivity contribution in [1.29, 1.82) is 0 Å². The van der Waals surface area contributed by atoms with Crippen molar-refractivity contribution < 1.29 is 4.39 Å². The van der Waals surface area contributed by atoms with Crippen LogP contribution in [0.2, 0.25) is 0 Å². The van der Waals surface area contributed by atoms with Crippen LogP contribution in [-0.4, -0.2) is 28.9 Å². The number of hydrogen-bond acceptors (Lipinski definition) is 6. The third-order valence-corrected chi connectivity index (χ3v) is 4.52. The van der Waals surface area contributed by atoms with Crippen LogP contribution in [0, 0.1) is 0 Å². The summed E-state index contributed by atoms with van der Waals surface area (Å²) in [6.45, 7) is 9.22. The maximum Gasteiger partial charge on any atom is 0.226 e. The first-order valence-electron chi connectivity index (χ1n) is 8.69. The number of nitrogens with two attached hydrogens (primary N) is 1. The van der Waals surface area contributed by atoms with E-state index in [2.05, 4.69) is 32.2 Å². The number of thiophene rings is 1. The minimum atomic E-state index is -0.455. The Kier molecular flexibility index (Phi) is 7.45. The van der Waals surface area contributed by atoms with Gasteiger partial charge in [-0.2, -0.15) is 4.98 Å². The first-order chi connectivity index (χ1) is 13.3. The Morgan fingerprint density at radius 3 is 2.75 bits per heavy atom. The molecule has 2 aromatic rings. The second kappa shape index (κ2) is 9.80. The molecule has 2 rings (SSSR count). The molecule has 28 heavy (non-hydrogen) atoms. The van der Waals surface area contributed by atoms with Crippen LogP contribution in [0.15, 0.2) is 64.4 Å². The smallest absolute Gasteiger partial charge is 0.226 e. The zero-order chi connectivity index (χ0) is 20.7. The van der Waals surface area contributed by atoms with Crippen molar-refractivity contribution in [3.8, 4) is 0 Å². The standard InChI is InChI=1S/C20H25FN6S/c1-6-14(21)7-8-16(22)13(4)24-20-26-18(15-9-10-28-19(15)27-20)25-17(23-5)11-12(2)3/h6-11,13H,1,22H2,2-5H3,(H2,23,24,25,26,27)/b14-7+,16-8-/t13-/m0/s1. The molecule has 2 aromatic heterocycles. The van der Waals surface area contributed by atoms with E-state index < -0.39 is 5.83 Å². The number of hydrogen-bond donors (Lipinski definition) is 3. The Bertz CT molecular complexity index is 966. The van der Waals surface area contributed by atoms with E-state index in [0.29, 0.717) is 23.3 Å². The SMILES string of the molecule is C=C/C(F)=C\C=C(/N)[C@H](C)Nc1nc(NC(C=C(C)C)=NC)c2ccsc2n1. The van der Waals surface area contributed by atoms with Gasteiger partial charge in [-0.15, -0.1) is 11.3 Å². The third-order valence-electron chi connectivity index (χ3n) is 3.71. The first kappa shape index (κ1) is 21.3. The van der Waals surface area contributed by atoms with E-state index in [9.17, 15) is 4.39 Å². The Morgan fingerprint density at radius 1 is 1.36 bits per heavy atom. The van der Waals surface area contributed by atoms with E-state index >= 15 is 0 Å². The van der Waals surface area contributed by atoms with Crippen LogP contribution in [0.5, 0.6) is 0 Å². The van der Waals surface area contributed by atoms with Gasteiger partial charge in [0, 0.05) is 12.7 Å². The summed E-state index contributed by atoms with van der Waals surface area (Å²) in [5.74, 6) is 1.32. The minimum absolute atomic E-state index is 0.295. The number of aromatic nitrogens is 2. The van der Waals surface area contributed by atoms with E-state index in [1.54, 1.807) is 7.05 Å². The van der Waals surface area contributed by atoms with Crippen molar-refractivity contribution >= 4 is 39.2 Å². The predicted molar refractivity (Wildman–Crippen MR) is 119 cm³/mol. The molecule has 8 heteroatoms. The van der Waals surface area contributed by atoms with Gasteiger partial charge in [-0.1, -0.05) is 12.2 Å². The lowest BCUT2D eigenvalue weighted by Crippen LogP contribution is -2.24. The van der Waals surface area contributed by atoms with Crippen LogP contribution < -0.4 is 16.4 Å². The van der Waals surface area contributed by atoms with Crippen LogP contribution >= 0.6 is 11.3 Å². The minimum Gasteiger partial charge on any atom is -0.400 e. The normalized spacial score (nSPS) is 14.0. The molecule has 0 spiro atoms. The molecular formula is C20H25FN6S. The fraction of sp³-hybridized carbons (Fsp3) is 0.250. The lowest BCUT2D eigenvalue weighted by molar-refractivity contribution is 0.667. The summed E-state index contributed by atoms with van der Waals surface area (Å²) in [7, 11) is 1.72. The van der Waals surface area contributed by atoms with E-state index in [0.717, 1.165) is 21.9 Å². The fourth-order valence-corrected chi connectivity index (χ4v) is 3.00. The van der Waals surface area contributed by atoms with Gasteiger partial charge in [-0.25, -0.2) is 9.37 Å². The van der Waals surface area contributed by atoms with Gasteiger partial charge < -0.3 is 16.4 Å². The number of fused-ring (bicyclic) bond motifs is 1. The topological polar surface area (TPSA) is 88.2 Å². The molecule has 0 aliphatic heterocycles. The summed E-state index contributed by atoms with van der Waals surface area (Å²) >= 11 is 1.51. The molecular weight excluding hydrogens is 375 g/mol. The zero-order valence-corrected chi connectivity index (χ0v) is 17.3. The number of nitrogens with zero attached hydrogens (tertiary/aromatic N) is 3. The number of aliphatic imine (C=N–C) groups is 1. The van der Waals surface area contributed by atoms with Gasteiger partial charge in [0.2, 0.25) is 5.95 Å². The Balaban J connectivity index is 2.31. The molecule has 2 heterocycles. The average Bonchev–Trinajstić information content (AvgIpc) is 3.13. The van der Waals surface area contributed by atoms with E-state index in [1.807, 2.05) is 38.3 Å². The summed E-state index contributed by atoms with van der Waals surface area (Å²) in [4.78, 5) is 14.2. The highest BCUT2D eigenvalue weighted by Gasteiger charge is 2.13. The number of halogens is 1. The van der Waals surface area contributed by atoms with Gasteiger partial charge in [0.25, 0.3) is 0 Å². The summed E-state index contributed by atoms with van der Waals surface area (Å²) < 4.78 is 13.2. The highest BCUT2D eigenvalue weighted by molar-refractivity contribution is 7.16. The zero-order valence-electron chi connectivity index (χ0n) is 16.5. The number of nitrogens with one attached hydrogen (secondary N) is 2. The van der Waals surface area contributed by atoms with Crippen LogP contribution in [0.4, 0.5) is 16.2 Å².